The molecule has 81 heavy (non-hydrogen) atoms. The van der Waals surface area contributed by atoms with Crippen LogP contribution >= 0.6 is 23.5 Å². The number of ether oxygens (including phenoxy) is 2. The van der Waals surface area contributed by atoms with Gasteiger partial charge in [-0.1, -0.05) is 12.1 Å². The second-order valence-corrected chi connectivity index (χ2v) is 19.3. The Balaban J connectivity index is 1.96. The summed E-state index contributed by atoms with van der Waals surface area (Å²) >= 11 is 0.383. The molecule has 2 aromatic rings. The van der Waals surface area contributed by atoms with E-state index in [-0.39, 0.29) is 83.3 Å². The topological polar surface area (TPSA) is 58.9 Å². The van der Waals surface area contributed by atoms with E-state index in [1.165, 1.54) is 36.4 Å². The van der Waals surface area contributed by atoms with Crippen molar-refractivity contribution in [2.24, 2.45) is 0 Å². The summed E-state index contributed by atoms with van der Waals surface area (Å²) in [6.45, 7) is -2.24. The zero-order valence-corrected chi connectivity index (χ0v) is 40.7. The first-order valence-corrected chi connectivity index (χ1v) is 23.6. The number of alkyl halides is 34. The lowest BCUT2D eigenvalue weighted by Gasteiger charge is -2.42. The van der Waals surface area contributed by atoms with E-state index >= 15 is 0 Å². The summed E-state index contributed by atoms with van der Waals surface area (Å²) in [6, 6.07) is 7.52. The van der Waals surface area contributed by atoms with E-state index in [0.717, 1.165) is 0 Å². The van der Waals surface area contributed by atoms with Crippen molar-refractivity contribution in [3.63, 3.8) is 0 Å². The maximum atomic E-state index is 14.2. The second kappa shape index (κ2) is 24.3. The Labute approximate surface area is 439 Å². The normalized spacial score (nSPS) is 15.2. The number of benzene rings is 2. The molecule has 0 aliphatic rings. The molecule has 0 fully saturated rings. The molecule has 2 aromatic carbocycles. The average Bonchev–Trinajstić information content (AvgIpc) is 3.32. The molecule has 0 amide bonds. The van der Waals surface area contributed by atoms with E-state index in [9.17, 15) is 159 Å². The minimum atomic E-state index is -8.75. The van der Waals surface area contributed by atoms with Crippen molar-refractivity contribution in [1.29, 1.82) is 0 Å². The highest BCUT2D eigenvalue weighted by Gasteiger charge is 2.97. The van der Waals surface area contributed by atoms with Gasteiger partial charge in [0.25, 0.3) is 0 Å². The fraction of sp³-hybridized carbons (Fsp3) is 0.707. The molecule has 0 radical (unpaired) electrons. The second-order valence-electron chi connectivity index (χ2n) is 16.8. The van der Waals surface area contributed by atoms with E-state index in [1.54, 1.807) is 0 Å². The molecule has 2 N–H and O–H groups in total. The average molecular weight is 1300 g/mol. The molecule has 472 valence electrons. The number of thioether (sulfide) groups is 2. The molecule has 40 heteroatoms. The van der Waals surface area contributed by atoms with Crippen molar-refractivity contribution in [1.82, 2.24) is 0 Å². The molecule has 4 nitrogen and oxygen atoms in total. The molecular formula is C41H34F34O4S2. The highest BCUT2D eigenvalue weighted by Crippen LogP contribution is 2.66. The van der Waals surface area contributed by atoms with E-state index in [0.29, 0.717) is 11.1 Å². The van der Waals surface area contributed by atoms with Gasteiger partial charge in [-0.15, -0.1) is 0 Å². The Morgan fingerprint density at radius 1 is 0.321 bits per heavy atom. The van der Waals surface area contributed by atoms with Gasteiger partial charge in [0.15, 0.2) is 0 Å². The molecule has 0 aliphatic carbocycles. The van der Waals surface area contributed by atoms with Crippen molar-refractivity contribution >= 4 is 23.5 Å². The standard InChI is InChI=1S/C41H34F34O4S2/c42-26(43,28(46,47)30(50,51)32(54,55)34(58,59)36(62,63)38(66,67)40(70,71)72)9-13-80-11-1-3-20-5-7-24(22(15-20)17-76)78-19-79-25-8-6-21(16-23(25)18-77)4-2-12-81-14-10-27(44,45)29(48,49)31(52,53)33(56,57)35(60,61)37(64,65)39(68,69)41(73,74)75/h5-8,15-16,76-77H,1-4,9-14,17-19H2. The molecular weight excluding hydrogens is 1270 g/mol. The summed E-state index contributed by atoms with van der Waals surface area (Å²) in [5, 5.41) is 19.6. The van der Waals surface area contributed by atoms with Gasteiger partial charge >= 0.3 is 95.3 Å². The van der Waals surface area contributed by atoms with Crippen molar-refractivity contribution in [2.45, 2.75) is 147 Å². The van der Waals surface area contributed by atoms with E-state index in [2.05, 4.69) is 0 Å². The Hall–Kier alpha value is -3.72. The van der Waals surface area contributed by atoms with Crippen LogP contribution < -0.4 is 9.47 Å². The van der Waals surface area contributed by atoms with Crippen LogP contribution in [0.4, 0.5) is 149 Å². The molecule has 0 unspecified atom stereocenters. The molecule has 0 heterocycles. The van der Waals surface area contributed by atoms with Crippen LogP contribution in [0.5, 0.6) is 11.5 Å². The lowest BCUT2D eigenvalue weighted by molar-refractivity contribution is -0.461. The van der Waals surface area contributed by atoms with Gasteiger partial charge in [-0.25, -0.2) is 0 Å². The lowest BCUT2D eigenvalue weighted by atomic mass is 9.88. The Morgan fingerprint density at radius 2 is 0.568 bits per heavy atom. The molecule has 0 aliphatic heterocycles. The summed E-state index contributed by atoms with van der Waals surface area (Å²) in [4.78, 5) is 0. The van der Waals surface area contributed by atoms with Gasteiger partial charge in [0, 0.05) is 24.0 Å². The highest BCUT2D eigenvalue weighted by molar-refractivity contribution is 7.99. The smallest absolute Gasteiger partial charge is 0.457 e. The Kier molecular flexibility index (Phi) is 22.0. The number of rotatable bonds is 32. The van der Waals surface area contributed by atoms with Crippen LogP contribution in [0.1, 0.15) is 47.9 Å². The maximum Gasteiger partial charge on any atom is 0.460 e. The molecule has 0 aromatic heterocycles. The first kappa shape index (κ1) is 73.4. The summed E-state index contributed by atoms with van der Waals surface area (Å²) in [5.74, 6) is -118. The SMILES string of the molecule is OCc1cc(CCCSCCC(F)(F)C(F)(F)C(F)(F)C(F)(F)C(F)(F)C(F)(F)C(F)(F)C(F)(F)F)ccc1OCOc1ccc(CCCSCCC(F)(F)C(F)(F)C(F)(F)C(F)(F)C(F)(F)C(F)(F)C(F)(F)C(F)(F)F)cc1CO. The van der Waals surface area contributed by atoms with Crippen LogP contribution in [0, 0.1) is 0 Å². The van der Waals surface area contributed by atoms with Gasteiger partial charge in [0.05, 0.1) is 13.2 Å². The first-order valence-electron chi connectivity index (χ1n) is 21.3. The van der Waals surface area contributed by atoms with Gasteiger partial charge in [0.2, 0.25) is 6.79 Å². The van der Waals surface area contributed by atoms with E-state index < -0.39 is 140 Å². The minimum Gasteiger partial charge on any atom is -0.457 e. The third-order valence-corrected chi connectivity index (χ3v) is 13.4. The fourth-order valence-corrected chi connectivity index (χ4v) is 8.24. The van der Waals surface area contributed by atoms with Crippen LogP contribution in [0.25, 0.3) is 0 Å². The van der Waals surface area contributed by atoms with Crippen LogP contribution in [-0.4, -0.2) is 135 Å². The number of aliphatic hydroxyl groups is 2. The molecule has 0 bridgehead atoms. The number of aryl methyl sites for hydroxylation is 2. The maximum absolute atomic E-state index is 14.2. The van der Waals surface area contributed by atoms with Crippen LogP contribution in [0.2, 0.25) is 0 Å². The van der Waals surface area contributed by atoms with Crippen molar-refractivity contribution in [3.05, 3.63) is 58.7 Å². The van der Waals surface area contributed by atoms with E-state index in [1.807, 2.05) is 0 Å². The van der Waals surface area contributed by atoms with Crippen molar-refractivity contribution in [3.8, 4) is 11.5 Å². The van der Waals surface area contributed by atoms with Gasteiger partial charge in [-0.3, -0.25) is 0 Å². The molecule has 0 saturated carbocycles. The summed E-state index contributed by atoms with van der Waals surface area (Å²) < 4.78 is 470. The van der Waals surface area contributed by atoms with Gasteiger partial charge in [0.1, 0.15) is 11.5 Å². The van der Waals surface area contributed by atoms with Crippen LogP contribution in [0.15, 0.2) is 36.4 Å². The fourth-order valence-electron chi connectivity index (χ4n) is 6.33. The third kappa shape index (κ3) is 13.2. The first-order chi connectivity index (χ1) is 36.0. The van der Waals surface area contributed by atoms with Gasteiger partial charge in [-0.2, -0.15) is 173 Å². The van der Waals surface area contributed by atoms with Crippen LogP contribution in [-0.2, 0) is 26.1 Å². The summed E-state index contributed by atoms with van der Waals surface area (Å²) in [7, 11) is 0. The molecule has 0 saturated heterocycles. The Morgan fingerprint density at radius 3 is 0.815 bits per heavy atom. The molecule has 2 rings (SSSR count). The zero-order valence-electron chi connectivity index (χ0n) is 39.0. The predicted octanol–water partition coefficient (Wildman–Crippen LogP) is 16.2. The summed E-state index contributed by atoms with van der Waals surface area (Å²) in [5.41, 5.74) is 0.609. The Bertz CT molecular complexity index is 2230. The lowest BCUT2D eigenvalue weighted by Crippen LogP contribution is -2.74. The number of halogens is 34. The monoisotopic (exact) mass is 1300 g/mol. The molecule has 0 spiro atoms. The summed E-state index contributed by atoms with van der Waals surface area (Å²) in [6.07, 6.45) is -21.4. The molecule has 0 atom stereocenters. The number of hydrogen-bond donors (Lipinski definition) is 2. The predicted molar refractivity (Wildman–Crippen MR) is 213 cm³/mol. The van der Waals surface area contributed by atoms with Gasteiger partial charge in [-0.05, 0) is 84.1 Å². The van der Waals surface area contributed by atoms with Crippen molar-refractivity contribution < 1.29 is 169 Å². The number of aliphatic hydroxyl groups excluding tert-OH is 2. The minimum absolute atomic E-state index is 0.00588. The van der Waals surface area contributed by atoms with Gasteiger partial charge < -0.3 is 19.7 Å². The van der Waals surface area contributed by atoms with Crippen LogP contribution in [0.3, 0.4) is 0 Å². The third-order valence-electron chi connectivity index (χ3n) is 11.2. The highest BCUT2D eigenvalue weighted by atomic mass is 32.2. The largest absolute Gasteiger partial charge is 0.460 e. The van der Waals surface area contributed by atoms with Crippen molar-refractivity contribution in [2.75, 3.05) is 29.8 Å². The number of hydrogen-bond acceptors (Lipinski definition) is 6. The quantitative estimate of drug-likeness (QED) is 0.0433. The van der Waals surface area contributed by atoms with E-state index in [4.69, 9.17) is 9.47 Å². The zero-order chi connectivity index (χ0) is 63.7.